The summed E-state index contributed by atoms with van der Waals surface area (Å²) < 4.78 is 6.56. The summed E-state index contributed by atoms with van der Waals surface area (Å²) in [7, 11) is 0. The zero-order valence-electron chi connectivity index (χ0n) is 25.7. The molecule has 3 saturated heterocycles. The number of fused-ring (bicyclic) bond motifs is 1. The SMILES string of the molecule is CC(C)c1ccc(NC(=O)[C@H]2[C@H]3C=C[C@@]4(O3)[C@H]2C(=O)N(CCN2CCCCC2)[C@@H]4C(=O)N[C@@H]2CCC[C@H](C)[C@@H]2C)cc1. The summed E-state index contributed by atoms with van der Waals surface area (Å²) in [5.74, 6) is -0.616. The van der Waals surface area contributed by atoms with Gasteiger partial charge in [-0.1, -0.05) is 71.2 Å². The lowest BCUT2D eigenvalue weighted by Gasteiger charge is -2.38. The van der Waals surface area contributed by atoms with E-state index in [0.717, 1.165) is 45.3 Å². The summed E-state index contributed by atoms with van der Waals surface area (Å²) in [5, 5.41) is 6.41. The third-order valence-electron chi connectivity index (χ3n) is 10.9. The molecule has 1 aliphatic carbocycles. The van der Waals surface area contributed by atoms with Gasteiger partial charge in [0.2, 0.25) is 17.7 Å². The highest BCUT2D eigenvalue weighted by Crippen LogP contribution is 2.55. The van der Waals surface area contributed by atoms with Gasteiger partial charge in [0.05, 0.1) is 17.9 Å². The fraction of sp³-hybridized carbons (Fsp3) is 0.676. The molecule has 1 aromatic rings. The van der Waals surface area contributed by atoms with Crippen molar-refractivity contribution in [2.24, 2.45) is 23.7 Å². The standard InChI is InChI=1S/C34H48N4O4/c1-21(2)24-11-13-25(14-12-24)35-31(39)28-27-15-16-34(42-27)29(28)33(41)38(20-19-37-17-6-5-7-18-37)30(34)32(40)36-26-10-8-9-22(3)23(26)4/h11-16,21-23,26-30H,5-10,17-20H2,1-4H3,(H,35,39)(H,36,40)/t22-,23-,26+,27+,28-,29+,30+,34+/m0/s1. The van der Waals surface area contributed by atoms with Crippen molar-refractivity contribution in [3.8, 4) is 0 Å². The van der Waals surface area contributed by atoms with Crippen LogP contribution in [-0.2, 0) is 19.1 Å². The molecule has 8 nitrogen and oxygen atoms in total. The molecule has 1 spiro atoms. The largest absolute Gasteiger partial charge is 0.359 e. The summed E-state index contributed by atoms with van der Waals surface area (Å²) in [6.45, 7) is 12.0. The molecule has 0 radical (unpaired) electrons. The Labute approximate surface area is 250 Å². The second kappa shape index (κ2) is 11.8. The van der Waals surface area contributed by atoms with Crippen LogP contribution in [0.5, 0.6) is 0 Å². The number of nitrogens with zero attached hydrogens (tertiary/aromatic N) is 2. The van der Waals surface area contributed by atoms with Crippen LogP contribution in [0.4, 0.5) is 5.69 Å². The van der Waals surface area contributed by atoms with Crippen molar-refractivity contribution in [1.82, 2.24) is 15.1 Å². The molecule has 6 rings (SSSR count). The molecule has 8 atom stereocenters. The number of hydrogen-bond donors (Lipinski definition) is 2. The lowest BCUT2D eigenvalue weighted by molar-refractivity contribution is -0.142. The second-order valence-electron chi connectivity index (χ2n) is 13.8. The van der Waals surface area contributed by atoms with Crippen molar-refractivity contribution >= 4 is 23.4 Å². The zero-order chi connectivity index (χ0) is 29.6. The Balaban J connectivity index is 1.25. The molecule has 4 heterocycles. The van der Waals surface area contributed by atoms with E-state index in [0.29, 0.717) is 30.0 Å². The molecule has 4 aliphatic heterocycles. The smallest absolute Gasteiger partial charge is 0.246 e. The average Bonchev–Trinajstić information content (AvgIpc) is 3.62. The molecule has 228 valence electrons. The Morgan fingerprint density at radius 1 is 1.00 bits per heavy atom. The molecule has 1 saturated carbocycles. The van der Waals surface area contributed by atoms with E-state index in [1.807, 2.05) is 36.4 Å². The van der Waals surface area contributed by atoms with Crippen LogP contribution in [0.3, 0.4) is 0 Å². The Hall–Kier alpha value is -2.71. The first-order chi connectivity index (χ1) is 20.2. The van der Waals surface area contributed by atoms with Gasteiger partial charge >= 0.3 is 0 Å². The average molecular weight is 577 g/mol. The third-order valence-corrected chi connectivity index (χ3v) is 10.9. The fourth-order valence-electron chi connectivity index (χ4n) is 8.16. The number of likely N-dealkylation sites (tertiary alicyclic amines) is 2. The van der Waals surface area contributed by atoms with Crippen LogP contribution >= 0.6 is 0 Å². The molecule has 2 N–H and O–H groups in total. The predicted molar refractivity (Wildman–Crippen MR) is 163 cm³/mol. The van der Waals surface area contributed by atoms with Crippen LogP contribution in [0, 0.1) is 23.7 Å². The summed E-state index contributed by atoms with van der Waals surface area (Å²) >= 11 is 0. The number of hydrogen-bond acceptors (Lipinski definition) is 5. The first-order valence-electron chi connectivity index (χ1n) is 16.3. The third kappa shape index (κ3) is 5.19. The number of ether oxygens (including phenoxy) is 1. The Morgan fingerprint density at radius 2 is 1.74 bits per heavy atom. The van der Waals surface area contributed by atoms with Gasteiger partial charge in [-0.25, -0.2) is 0 Å². The van der Waals surface area contributed by atoms with E-state index in [1.54, 1.807) is 4.90 Å². The van der Waals surface area contributed by atoms with Gasteiger partial charge in [-0.3, -0.25) is 14.4 Å². The van der Waals surface area contributed by atoms with Crippen LogP contribution in [0.2, 0.25) is 0 Å². The maximum absolute atomic E-state index is 14.3. The Bertz CT molecular complexity index is 1210. The van der Waals surface area contributed by atoms with Crippen molar-refractivity contribution in [2.75, 3.05) is 31.5 Å². The van der Waals surface area contributed by atoms with Crippen molar-refractivity contribution in [1.29, 1.82) is 0 Å². The molecule has 4 fully saturated rings. The zero-order valence-corrected chi connectivity index (χ0v) is 25.7. The maximum atomic E-state index is 14.3. The van der Waals surface area contributed by atoms with Crippen LogP contribution in [0.15, 0.2) is 36.4 Å². The number of carbonyl (C=O) groups is 3. The van der Waals surface area contributed by atoms with E-state index in [9.17, 15) is 14.4 Å². The molecule has 2 bridgehead atoms. The number of amides is 3. The van der Waals surface area contributed by atoms with Gasteiger partial charge in [0, 0.05) is 24.8 Å². The predicted octanol–water partition coefficient (Wildman–Crippen LogP) is 4.33. The van der Waals surface area contributed by atoms with E-state index < -0.39 is 29.6 Å². The second-order valence-corrected chi connectivity index (χ2v) is 13.8. The molecule has 0 aromatic heterocycles. The van der Waals surface area contributed by atoms with Gasteiger partial charge in [0.25, 0.3) is 0 Å². The molecule has 8 heteroatoms. The minimum atomic E-state index is -1.12. The number of anilines is 1. The highest BCUT2D eigenvalue weighted by atomic mass is 16.5. The van der Waals surface area contributed by atoms with E-state index >= 15 is 0 Å². The highest BCUT2D eigenvalue weighted by Gasteiger charge is 2.72. The van der Waals surface area contributed by atoms with Crippen molar-refractivity contribution < 1.29 is 19.1 Å². The number of nitrogens with one attached hydrogen (secondary N) is 2. The van der Waals surface area contributed by atoms with Gasteiger partial charge in [-0.15, -0.1) is 0 Å². The molecule has 1 aromatic carbocycles. The molecule has 5 aliphatic rings. The Morgan fingerprint density at radius 3 is 2.45 bits per heavy atom. The first kappa shape index (κ1) is 29.4. The van der Waals surface area contributed by atoms with Gasteiger partial charge in [0.1, 0.15) is 11.6 Å². The molecule has 3 amide bonds. The maximum Gasteiger partial charge on any atom is 0.246 e. The summed E-state index contributed by atoms with van der Waals surface area (Å²) in [6, 6.07) is 7.17. The van der Waals surface area contributed by atoms with E-state index in [1.165, 1.54) is 18.4 Å². The van der Waals surface area contributed by atoms with Crippen molar-refractivity contribution in [2.45, 2.75) is 95.9 Å². The summed E-state index contributed by atoms with van der Waals surface area (Å²) in [4.78, 5) is 46.4. The molecule has 0 unspecified atom stereocenters. The molecular formula is C34H48N4O4. The van der Waals surface area contributed by atoms with E-state index in [-0.39, 0.29) is 23.8 Å². The summed E-state index contributed by atoms with van der Waals surface area (Å²) in [5.41, 5.74) is 0.775. The number of benzene rings is 1. The fourth-order valence-corrected chi connectivity index (χ4v) is 8.16. The highest BCUT2D eigenvalue weighted by molar-refractivity contribution is 6.02. The van der Waals surface area contributed by atoms with Gasteiger partial charge < -0.3 is 25.2 Å². The van der Waals surface area contributed by atoms with Crippen molar-refractivity contribution in [3.63, 3.8) is 0 Å². The van der Waals surface area contributed by atoms with Gasteiger partial charge in [-0.05, 0) is 67.8 Å². The van der Waals surface area contributed by atoms with Gasteiger partial charge in [-0.2, -0.15) is 0 Å². The normalized spacial score (nSPS) is 36.0. The quantitative estimate of drug-likeness (QED) is 0.450. The van der Waals surface area contributed by atoms with Crippen LogP contribution in [-0.4, -0.2) is 77.5 Å². The van der Waals surface area contributed by atoms with Crippen LogP contribution < -0.4 is 10.6 Å². The number of piperidine rings is 1. The van der Waals surface area contributed by atoms with Crippen LogP contribution in [0.1, 0.15) is 77.7 Å². The topological polar surface area (TPSA) is 91.0 Å². The monoisotopic (exact) mass is 576 g/mol. The van der Waals surface area contributed by atoms with Crippen LogP contribution in [0.25, 0.3) is 0 Å². The molecular weight excluding hydrogens is 528 g/mol. The van der Waals surface area contributed by atoms with Gasteiger partial charge in [0.15, 0.2) is 0 Å². The first-order valence-corrected chi connectivity index (χ1v) is 16.3. The number of carbonyl (C=O) groups excluding carboxylic acids is 3. The molecule has 42 heavy (non-hydrogen) atoms. The number of rotatable bonds is 8. The lowest BCUT2D eigenvalue weighted by atomic mass is 9.73. The lowest BCUT2D eigenvalue weighted by Crippen LogP contribution is -2.58. The van der Waals surface area contributed by atoms with Crippen molar-refractivity contribution in [3.05, 3.63) is 42.0 Å². The summed E-state index contributed by atoms with van der Waals surface area (Å²) in [6.07, 6.45) is 10.1. The van der Waals surface area contributed by atoms with E-state index in [2.05, 4.69) is 43.2 Å². The minimum absolute atomic E-state index is 0.0752. The van der Waals surface area contributed by atoms with E-state index in [4.69, 9.17) is 4.74 Å². The minimum Gasteiger partial charge on any atom is -0.359 e. The Kier molecular flexibility index (Phi) is 8.22.